The summed E-state index contributed by atoms with van der Waals surface area (Å²) < 4.78 is 0. The van der Waals surface area contributed by atoms with Crippen LogP contribution in [0.3, 0.4) is 0 Å². The van der Waals surface area contributed by atoms with Crippen molar-refractivity contribution < 1.29 is 9.68 Å². The van der Waals surface area contributed by atoms with E-state index >= 15 is 0 Å². The normalized spacial score (nSPS) is 13.6. The minimum atomic E-state index is -0.662. The SMILES string of the molecule is CO/N=C\C(C#N)c1ccc(C(C#N)/C=N/OC)nn1. The molecule has 1 aromatic heterocycles. The van der Waals surface area contributed by atoms with Crippen LogP contribution in [0.5, 0.6) is 0 Å². The zero-order chi connectivity index (χ0) is 14.8. The molecule has 1 aromatic rings. The molecule has 0 aliphatic carbocycles. The number of nitriles is 2. The maximum atomic E-state index is 8.99. The molecule has 8 nitrogen and oxygen atoms in total. The van der Waals surface area contributed by atoms with Crippen molar-refractivity contribution in [1.82, 2.24) is 10.2 Å². The summed E-state index contributed by atoms with van der Waals surface area (Å²) in [6, 6.07) is 7.21. The lowest BCUT2D eigenvalue weighted by atomic mass is 10.1. The molecule has 1 heterocycles. The lowest BCUT2D eigenvalue weighted by Gasteiger charge is -2.04. The summed E-state index contributed by atoms with van der Waals surface area (Å²) in [7, 11) is 2.76. The highest BCUT2D eigenvalue weighted by molar-refractivity contribution is 5.71. The fraction of sp³-hybridized carbons (Fsp3) is 0.333. The van der Waals surface area contributed by atoms with E-state index in [9.17, 15) is 0 Å². The Bertz CT molecular complexity index is 504. The van der Waals surface area contributed by atoms with E-state index < -0.39 is 11.8 Å². The third-order valence-corrected chi connectivity index (χ3v) is 2.25. The minimum absolute atomic E-state index is 0.414. The molecule has 0 saturated carbocycles. The third-order valence-electron chi connectivity index (χ3n) is 2.25. The molecule has 8 heteroatoms. The van der Waals surface area contributed by atoms with Crippen LogP contribution >= 0.6 is 0 Å². The molecule has 0 N–H and O–H groups in total. The molecular weight excluding hydrogens is 260 g/mol. The summed E-state index contributed by atoms with van der Waals surface area (Å²) >= 11 is 0. The highest BCUT2D eigenvalue weighted by Gasteiger charge is 2.14. The molecule has 1 rings (SSSR count). The van der Waals surface area contributed by atoms with E-state index in [-0.39, 0.29) is 0 Å². The molecule has 0 bridgehead atoms. The van der Waals surface area contributed by atoms with E-state index in [4.69, 9.17) is 10.5 Å². The fourth-order valence-corrected chi connectivity index (χ4v) is 1.28. The van der Waals surface area contributed by atoms with Crippen molar-refractivity contribution in [3.8, 4) is 12.1 Å². The van der Waals surface area contributed by atoms with Gasteiger partial charge in [0, 0.05) is 0 Å². The fourth-order valence-electron chi connectivity index (χ4n) is 1.28. The highest BCUT2D eigenvalue weighted by atomic mass is 16.6. The third kappa shape index (κ3) is 4.03. The van der Waals surface area contributed by atoms with Crippen molar-refractivity contribution in [1.29, 1.82) is 10.5 Å². The largest absolute Gasteiger partial charge is 0.399 e. The second-order valence-electron chi connectivity index (χ2n) is 3.47. The van der Waals surface area contributed by atoms with Gasteiger partial charge in [-0.2, -0.15) is 20.7 Å². The summed E-state index contributed by atoms with van der Waals surface area (Å²) in [6.45, 7) is 0. The minimum Gasteiger partial charge on any atom is -0.399 e. The number of nitrogens with zero attached hydrogens (tertiary/aromatic N) is 6. The lowest BCUT2D eigenvalue weighted by molar-refractivity contribution is 0.214. The van der Waals surface area contributed by atoms with Crippen LogP contribution in [0.1, 0.15) is 23.2 Å². The molecule has 0 aromatic carbocycles. The van der Waals surface area contributed by atoms with Gasteiger partial charge in [0.05, 0.1) is 36.0 Å². The van der Waals surface area contributed by atoms with Crippen LogP contribution < -0.4 is 0 Å². The molecule has 0 amide bonds. The maximum Gasteiger partial charge on any atom is 0.129 e. The van der Waals surface area contributed by atoms with Crippen molar-refractivity contribution in [2.24, 2.45) is 10.3 Å². The van der Waals surface area contributed by atoms with Gasteiger partial charge in [0.1, 0.15) is 26.1 Å². The number of hydrogen-bond acceptors (Lipinski definition) is 8. The van der Waals surface area contributed by atoms with E-state index in [1.54, 1.807) is 12.1 Å². The van der Waals surface area contributed by atoms with Gasteiger partial charge in [0.15, 0.2) is 0 Å². The van der Waals surface area contributed by atoms with Crippen LogP contribution in [0.2, 0.25) is 0 Å². The maximum absolute atomic E-state index is 8.99. The summed E-state index contributed by atoms with van der Waals surface area (Å²) in [4.78, 5) is 9.03. The number of hydrogen-bond donors (Lipinski definition) is 0. The monoisotopic (exact) mass is 272 g/mol. The Morgan fingerprint density at radius 1 is 1.00 bits per heavy atom. The van der Waals surface area contributed by atoms with Crippen molar-refractivity contribution in [3.05, 3.63) is 23.5 Å². The van der Waals surface area contributed by atoms with E-state index in [0.717, 1.165) is 0 Å². The number of aromatic nitrogens is 2. The second kappa shape index (κ2) is 8.16. The van der Waals surface area contributed by atoms with E-state index in [1.165, 1.54) is 26.6 Å². The van der Waals surface area contributed by atoms with E-state index in [0.29, 0.717) is 11.4 Å². The first-order valence-electron chi connectivity index (χ1n) is 5.52. The average Bonchev–Trinajstić information content (AvgIpc) is 2.50. The molecule has 0 aliphatic heterocycles. The Balaban J connectivity index is 2.93. The first-order valence-corrected chi connectivity index (χ1v) is 5.52. The zero-order valence-corrected chi connectivity index (χ0v) is 11.0. The summed E-state index contributed by atoms with van der Waals surface area (Å²) in [5.74, 6) is -1.32. The average molecular weight is 272 g/mol. The Morgan fingerprint density at radius 3 is 1.65 bits per heavy atom. The van der Waals surface area contributed by atoms with Crippen LogP contribution in [0.15, 0.2) is 22.4 Å². The molecule has 20 heavy (non-hydrogen) atoms. The van der Waals surface area contributed by atoms with Gasteiger partial charge in [-0.3, -0.25) is 0 Å². The van der Waals surface area contributed by atoms with Crippen molar-refractivity contribution >= 4 is 12.4 Å². The Hall–Kier alpha value is -3.00. The predicted molar refractivity (Wildman–Crippen MR) is 69.7 cm³/mol. The van der Waals surface area contributed by atoms with Gasteiger partial charge in [-0.05, 0) is 12.1 Å². The first kappa shape index (κ1) is 15.1. The molecule has 0 radical (unpaired) electrons. The summed E-state index contributed by atoms with van der Waals surface area (Å²) in [5.41, 5.74) is 0.829. The van der Waals surface area contributed by atoms with Gasteiger partial charge in [-0.15, -0.1) is 0 Å². The number of oxime groups is 2. The quantitative estimate of drug-likeness (QED) is 0.562. The summed E-state index contributed by atoms with van der Waals surface area (Å²) in [5, 5.41) is 32.9. The smallest absolute Gasteiger partial charge is 0.129 e. The van der Waals surface area contributed by atoms with Gasteiger partial charge in [-0.1, -0.05) is 10.3 Å². The van der Waals surface area contributed by atoms with Crippen LogP contribution in [0, 0.1) is 22.7 Å². The zero-order valence-electron chi connectivity index (χ0n) is 11.0. The highest BCUT2D eigenvalue weighted by Crippen LogP contribution is 2.13. The van der Waals surface area contributed by atoms with Gasteiger partial charge in [0.2, 0.25) is 0 Å². The molecule has 0 spiro atoms. The molecule has 0 saturated heterocycles. The molecule has 102 valence electrons. The van der Waals surface area contributed by atoms with Gasteiger partial charge in [0.25, 0.3) is 0 Å². The Labute approximate surface area is 115 Å². The van der Waals surface area contributed by atoms with E-state index in [2.05, 4.69) is 30.2 Å². The Morgan fingerprint density at radius 2 is 1.40 bits per heavy atom. The molecule has 0 fully saturated rings. The van der Waals surface area contributed by atoms with Crippen molar-refractivity contribution in [2.75, 3.05) is 14.2 Å². The number of rotatable bonds is 6. The molecule has 0 aliphatic rings. The van der Waals surface area contributed by atoms with Crippen LogP contribution in [0.25, 0.3) is 0 Å². The molecule has 2 atom stereocenters. The van der Waals surface area contributed by atoms with Gasteiger partial charge >= 0.3 is 0 Å². The second-order valence-corrected chi connectivity index (χ2v) is 3.47. The van der Waals surface area contributed by atoms with E-state index in [1.807, 2.05) is 12.1 Å². The van der Waals surface area contributed by atoms with Crippen molar-refractivity contribution in [2.45, 2.75) is 11.8 Å². The van der Waals surface area contributed by atoms with Gasteiger partial charge in [-0.25, -0.2) is 0 Å². The summed E-state index contributed by atoms with van der Waals surface area (Å²) in [6.07, 6.45) is 2.63. The first-order chi connectivity index (χ1) is 9.76. The van der Waals surface area contributed by atoms with Crippen LogP contribution in [0.4, 0.5) is 0 Å². The predicted octanol–water partition coefficient (Wildman–Crippen LogP) is 0.955. The molecular formula is C12H12N6O2. The van der Waals surface area contributed by atoms with Gasteiger partial charge < -0.3 is 9.68 Å². The van der Waals surface area contributed by atoms with Crippen LogP contribution in [-0.2, 0) is 9.68 Å². The Kier molecular flexibility index (Phi) is 6.15. The molecule has 2 unspecified atom stereocenters. The topological polar surface area (TPSA) is 117 Å². The lowest BCUT2D eigenvalue weighted by Crippen LogP contribution is -2.07. The van der Waals surface area contributed by atoms with Crippen LogP contribution in [-0.4, -0.2) is 36.8 Å². The van der Waals surface area contributed by atoms with Crippen molar-refractivity contribution in [3.63, 3.8) is 0 Å². The standard InChI is InChI=1S/C12H12N6O2/c1-19-15-7-9(5-13)11-3-4-12(18-17-11)10(6-14)8-16-20-2/h3-4,7-10H,1-2H3/b15-7-,16-8+.